The van der Waals surface area contributed by atoms with Gasteiger partial charge in [0.2, 0.25) is 0 Å². The number of hydrogen-bond acceptors (Lipinski definition) is 4. The minimum Gasteiger partial charge on any atom is -0.493 e. The molecule has 24 heavy (non-hydrogen) atoms. The van der Waals surface area contributed by atoms with Crippen LogP contribution in [0.3, 0.4) is 0 Å². The lowest BCUT2D eigenvalue weighted by Crippen LogP contribution is -2.14. The Kier molecular flexibility index (Phi) is 6.25. The maximum absolute atomic E-state index is 11.8. The van der Waals surface area contributed by atoms with Crippen LogP contribution < -0.4 is 10.4 Å². The predicted octanol–water partition coefficient (Wildman–Crippen LogP) is 4.58. The van der Waals surface area contributed by atoms with Crippen LogP contribution in [0, 0.1) is 6.92 Å². The topological polar surface area (TPSA) is 48.7 Å². The highest BCUT2D eigenvalue weighted by Crippen LogP contribution is 2.22. The highest BCUT2D eigenvalue weighted by Gasteiger charge is 2.28. The average Bonchev–Trinajstić information content (AvgIpc) is 2.48. The molecule has 0 fully saturated rings. The molecule has 132 valence electrons. The fraction of sp³-hybridized carbons (Fsp3) is 0.471. The van der Waals surface area contributed by atoms with Crippen molar-refractivity contribution < 1.29 is 27.1 Å². The van der Waals surface area contributed by atoms with Crippen molar-refractivity contribution in [3.63, 3.8) is 0 Å². The summed E-state index contributed by atoms with van der Waals surface area (Å²) in [6.45, 7) is 1.97. The molecule has 0 spiro atoms. The first-order valence-corrected chi connectivity index (χ1v) is 7.73. The number of fused-ring (bicyclic) bond motifs is 1. The van der Waals surface area contributed by atoms with Gasteiger partial charge in [-0.05, 0) is 43.9 Å². The number of alkyl halides is 3. The summed E-state index contributed by atoms with van der Waals surface area (Å²) in [6, 6.07) is 6.73. The van der Waals surface area contributed by atoms with Gasteiger partial charge in [0.15, 0.2) is 0 Å². The second kappa shape index (κ2) is 8.19. The van der Waals surface area contributed by atoms with Crippen molar-refractivity contribution >= 4 is 11.0 Å². The van der Waals surface area contributed by atoms with Gasteiger partial charge < -0.3 is 9.15 Å². The normalized spacial score (nSPS) is 11.8. The van der Waals surface area contributed by atoms with E-state index in [2.05, 4.69) is 4.74 Å². The van der Waals surface area contributed by atoms with E-state index >= 15 is 0 Å². The van der Waals surface area contributed by atoms with Crippen LogP contribution in [0.25, 0.3) is 11.0 Å². The van der Waals surface area contributed by atoms with Gasteiger partial charge in [0.05, 0.1) is 13.2 Å². The number of halogens is 3. The van der Waals surface area contributed by atoms with Crippen molar-refractivity contribution in [2.24, 2.45) is 0 Å². The van der Waals surface area contributed by atoms with E-state index in [0.29, 0.717) is 30.8 Å². The third-order valence-electron chi connectivity index (χ3n) is 3.50. The Morgan fingerprint density at radius 2 is 1.75 bits per heavy atom. The van der Waals surface area contributed by atoms with Gasteiger partial charge in [0.1, 0.15) is 11.3 Å². The molecule has 0 bridgehead atoms. The van der Waals surface area contributed by atoms with Crippen LogP contribution in [0.1, 0.15) is 31.2 Å². The zero-order valence-electron chi connectivity index (χ0n) is 13.3. The summed E-state index contributed by atoms with van der Waals surface area (Å²) in [5.41, 5.74) is 0.911. The van der Waals surface area contributed by atoms with Crippen molar-refractivity contribution in [1.29, 1.82) is 0 Å². The molecular formula is C17H19F3O4. The first-order valence-electron chi connectivity index (χ1n) is 7.73. The van der Waals surface area contributed by atoms with Crippen molar-refractivity contribution in [3.05, 3.63) is 40.2 Å². The quantitative estimate of drug-likeness (QED) is 0.520. The Morgan fingerprint density at radius 1 is 1.04 bits per heavy atom. The number of rotatable bonds is 8. The van der Waals surface area contributed by atoms with Gasteiger partial charge in [-0.3, -0.25) is 4.74 Å². The minimum atomic E-state index is -4.55. The number of aryl methyl sites for hydroxylation is 1. The Labute approximate surface area is 137 Å². The molecule has 1 aromatic carbocycles. The number of ether oxygens (including phenoxy) is 2. The molecule has 0 saturated heterocycles. The lowest BCUT2D eigenvalue weighted by atomic mass is 10.1. The van der Waals surface area contributed by atoms with Crippen molar-refractivity contribution in [2.45, 2.75) is 39.0 Å². The van der Waals surface area contributed by atoms with E-state index in [-0.39, 0.29) is 6.61 Å². The molecule has 0 aliphatic rings. The van der Waals surface area contributed by atoms with Crippen LogP contribution in [0.15, 0.2) is 33.5 Å². The Morgan fingerprint density at radius 3 is 2.46 bits per heavy atom. The molecule has 1 aromatic heterocycles. The van der Waals surface area contributed by atoms with E-state index in [1.807, 2.05) is 13.0 Å². The molecule has 0 unspecified atom stereocenters. The van der Waals surface area contributed by atoms with Crippen LogP contribution in [0.2, 0.25) is 0 Å². The number of benzene rings is 1. The Hall–Kier alpha value is -2.02. The van der Waals surface area contributed by atoms with Crippen molar-refractivity contribution in [1.82, 2.24) is 0 Å². The molecule has 2 rings (SSSR count). The second-order valence-electron chi connectivity index (χ2n) is 5.46. The zero-order chi connectivity index (χ0) is 17.6. The monoisotopic (exact) mass is 344 g/mol. The standard InChI is InChI=1S/C17H19F3O4/c1-12-10-16(21)24-15-11-13(6-7-14(12)15)22-8-4-2-3-5-9-23-17(18,19)20/h6-7,10-11H,2-5,8-9H2,1H3. The van der Waals surface area contributed by atoms with Crippen LogP contribution in [-0.4, -0.2) is 19.6 Å². The van der Waals surface area contributed by atoms with E-state index in [0.717, 1.165) is 23.8 Å². The lowest BCUT2D eigenvalue weighted by molar-refractivity contribution is -0.324. The molecule has 0 N–H and O–H groups in total. The summed E-state index contributed by atoms with van der Waals surface area (Å²) < 4.78 is 49.7. The molecule has 7 heteroatoms. The highest BCUT2D eigenvalue weighted by molar-refractivity contribution is 5.81. The summed E-state index contributed by atoms with van der Waals surface area (Å²) in [7, 11) is 0. The minimum absolute atomic E-state index is 0.312. The Balaban J connectivity index is 1.71. The molecule has 0 radical (unpaired) electrons. The van der Waals surface area contributed by atoms with E-state index in [9.17, 15) is 18.0 Å². The van der Waals surface area contributed by atoms with Gasteiger partial charge in [-0.25, -0.2) is 4.79 Å². The van der Waals surface area contributed by atoms with Gasteiger partial charge in [0, 0.05) is 17.5 Å². The van der Waals surface area contributed by atoms with Crippen LogP contribution in [0.4, 0.5) is 13.2 Å². The fourth-order valence-corrected chi connectivity index (χ4v) is 2.33. The molecule has 0 saturated carbocycles. The van der Waals surface area contributed by atoms with Crippen molar-refractivity contribution in [3.8, 4) is 5.75 Å². The maximum Gasteiger partial charge on any atom is 0.522 e. The van der Waals surface area contributed by atoms with Gasteiger partial charge >= 0.3 is 12.0 Å². The molecule has 0 amide bonds. The summed E-state index contributed by atoms with van der Waals surface area (Å²) in [5.74, 6) is 0.594. The average molecular weight is 344 g/mol. The first-order chi connectivity index (χ1) is 11.3. The molecule has 0 aliphatic carbocycles. The van der Waals surface area contributed by atoms with Gasteiger partial charge in [0.25, 0.3) is 0 Å². The summed E-state index contributed by atoms with van der Waals surface area (Å²) >= 11 is 0. The highest BCUT2D eigenvalue weighted by atomic mass is 19.4. The molecule has 0 atom stereocenters. The van der Waals surface area contributed by atoms with E-state index in [4.69, 9.17) is 9.15 Å². The van der Waals surface area contributed by atoms with Gasteiger partial charge in [-0.15, -0.1) is 13.2 Å². The third kappa shape index (κ3) is 5.88. The predicted molar refractivity (Wildman–Crippen MR) is 83.2 cm³/mol. The van der Waals surface area contributed by atoms with Crippen LogP contribution in [-0.2, 0) is 4.74 Å². The summed E-state index contributed by atoms with van der Waals surface area (Å²) in [4.78, 5) is 11.4. The summed E-state index contributed by atoms with van der Waals surface area (Å²) in [6.07, 6.45) is -2.07. The van der Waals surface area contributed by atoms with Gasteiger partial charge in [-0.2, -0.15) is 0 Å². The molecule has 2 aromatic rings. The zero-order valence-corrected chi connectivity index (χ0v) is 13.3. The molecule has 1 heterocycles. The Bertz CT molecular complexity index is 722. The SMILES string of the molecule is Cc1cc(=O)oc2cc(OCCCCCCOC(F)(F)F)ccc12. The fourth-order valence-electron chi connectivity index (χ4n) is 2.33. The van der Waals surface area contributed by atoms with E-state index in [1.165, 1.54) is 6.07 Å². The number of unbranched alkanes of at least 4 members (excludes halogenated alkanes) is 3. The first kappa shape index (κ1) is 18.3. The maximum atomic E-state index is 11.8. The number of hydrogen-bond donors (Lipinski definition) is 0. The third-order valence-corrected chi connectivity index (χ3v) is 3.50. The molecular weight excluding hydrogens is 325 g/mol. The lowest BCUT2D eigenvalue weighted by Gasteiger charge is -2.08. The van der Waals surface area contributed by atoms with Gasteiger partial charge in [-0.1, -0.05) is 6.42 Å². The largest absolute Gasteiger partial charge is 0.522 e. The smallest absolute Gasteiger partial charge is 0.493 e. The molecule has 0 aliphatic heterocycles. The second-order valence-corrected chi connectivity index (χ2v) is 5.46. The van der Waals surface area contributed by atoms with Crippen LogP contribution >= 0.6 is 0 Å². The molecule has 4 nitrogen and oxygen atoms in total. The van der Waals surface area contributed by atoms with Crippen LogP contribution in [0.5, 0.6) is 5.75 Å². The van der Waals surface area contributed by atoms with Crippen molar-refractivity contribution in [2.75, 3.05) is 13.2 Å². The summed E-state index contributed by atoms with van der Waals surface area (Å²) in [5, 5.41) is 0.853. The van der Waals surface area contributed by atoms with E-state index < -0.39 is 12.0 Å². The van der Waals surface area contributed by atoms with E-state index in [1.54, 1.807) is 12.1 Å².